The largest absolute Gasteiger partial charge is 0.496 e. The van der Waals surface area contributed by atoms with Crippen LogP contribution in [0.1, 0.15) is 36.0 Å². The van der Waals surface area contributed by atoms with Gasteiger partial charge in [0.05, 0.1) is 26.9 Å². The monoisotopic (exact) mass is 264 g/mol. The summed E-state index contributed by atoms with van der Waals surface area (Å²) in [4.78, 5) is 12.3. The molecule has 0 saturated heterocycles. The summed E-state index contributed by atoms with van der Waals surface area (Å²) in [5.41, 5.74) is 0.576. The maximum absolute atomic E-state index is 12.3. The number of rotatable bonds is 6. The number of ketones is 1. The van der Waals surface area contributed by atoms with Crippen molar-refractivity contribution in [1.82, 2.24) is 0 Å². The second-order valence-electron chi connectivity index (χ2n) is 4.83. The van der Waals surface area contributed by atoms with Gasteiger partial charge in [-0.1, -0.05) is 19.3 Å². The third-order valence-electron chi connectivity index (χ3n) is 3.70. The Balaban J connectivity index is 2.28. The fourth-order valence-corrected chi connectivity index (χ4v) is 2.32. The van der Waals surface area contributed by atoms with Crippen molar-refractivity contribution in [2.45, 2.75) is 25.7 Å². The molecule has 104 valence electrons. The molecule has 2 rings (SSSR count). The Labute approximate surface area is 113 Å². The van der Waals surface area contributed by atoms with E-state index in [1.165, 1.54) is 6.42 Å². The first kappa shape index (κ1) is 13.7. The summed E-state index contributed by atoms with van der Waals surface area (Å²) in [6.45, 7) is 0. The van der Waals surface area contributed by atoms with Crippen molar-refractivity contribution in [2.24, 2.45) is 5.92 Å². The Hall–Kier alpha value is -1.71. The van der Waals surface area contributed by atoms with Crippen molar-refractivity contribution in [3.63, 3.8) is 0 Å². The van der Waals surface area contributed by atoms with Gasteiger partial charge < -0.3 is 14.2 Å². The molecule has 0 spiro atoms. The summed E-state index contributed by atoms with van der Waals surface area (Å²) >= 11 is 0. The first-order valence-corrected chi connectivity index (χ1v) is 6.52. The summed E-state index contributed by atoms with van der Waals surface area (Å²) < 4.78 is 15.7. The van der Waals surface area contributed by atoms with Crippen LogP contribution >= 0.6 is 0 Å². The summed E-state index contributed by atoms with van der Waals surface area (Å²) in [6, 6.07) is 3.41. The number of benzene rings is 1. The summed E-state index contributed by atoms with van der Waals surface area (Å²) in [7, 11) is 4.68. The van der Waals surface area contributed by atoms with Gasteiger partial charge in [-0.3, -0.25) is 4.79 Å². The Kier molecular flexibility index (Phi) is 4.30. The number of carbonyl (C=O) groups excluding carboxylic acids is 1. The fraction of sp³-hybridized carbons (Fsp3) is 0.533. The number of Topliss-reactive ketones (excluding diaryl/α,β-unsaturated/α-hetero) is 1. The third-order valence-corrected chi connectivity index (χ3v) is 3.70. The second-order valence-corrected chi connectivity index (χ2v) is 4.83. The highest BCUT2D eigenvalue weighted by molar-refractivity contribution is 5.99. The van der Waals surface area contributed by atoms with Crippen molar-refractivity contribution < 1.29 is 19.0 Å². The molecular weight excluding hydrogens is 244 g/mol. The smallest absolute Gasteiger partial charge is 0.167 e. The number of hydrogen-bond acceptors (Lipinski definition) is 4. The van der Waals surface area contributed by atoms with Crippen LogP contribution in [0.4, 0.5) is 0 Å². The molecule has 1 aromatic carbocycles. The lowest BCUT2D eigenvalue weighted by Crippen LogP contribution is -2.16. The van der Waals surface area contributed by atoms with Crippen LogP contribution in [-0.2, 0) is 0 Å². The molecule has 4 nitrogen and oxygen atoms in total. The van der Waals surface area contributed by atoms with Gasteiger partial charge in [0.15, 0.2) is 17.3 Å². The quantitative estimate of drug-likeness (QED) is 0.741. The van der Waals surface area contributed by atoms with Gasteiger partial charge in [0.2, 0.25) is 0 Å². The molecule has 0 aromatic heterocycles. The molecule has 0 amide bonds. The number of carbonyl (C=O) groups is 1. The summed E-state index contributed by atoms with van der Waals surface area (Å²) in [5.74, 6) is 2.31. The van der Waals surface area contributed by atoms with Crippen LogP contribution in [0.2, 0.25) is 0 Å². The lowest BCUT2D eigenvalue weighted by atomic mass is 9.81. The predicted octanol–water partition coefficient (Wildman–Crippen LogP) is 3.09. The molecule has 1 saturated carbocycles. The highest BCUT2D eigenvalue weighted by Crippen LogP contribution is 2.37. The van der Waals surface area contributed by atoms with Crippen molar-refractivity contribution in [3.8, 4) is 17.2 Å². The molecule has 4 heteroatoms. The minimum atomic E-state index is 0.113. The molecule has 1 fully saturated rings. The normalized spacial score (nSPS) is 14.7. The van der Waals surface area contributed by atoms with Gasteiger partial charge in [0.1, 0.15) is 5.75 Å². The average Bonchev–Trinajstić information content (AvgIpc) is 2.40. The van der Waals surface area contributed by atoms with E-state index in [-0.39, 0.29) is 5.78 Å². The van der Waals surface area contributed by atoms with Gasteiger partial charge in [0, 0.05) is 12.5 Å². The van der Waals surface area contributed by atoms with Crippen molar-refractivity contribution in [3.05, 3.63) is 17.7 Å². The molecule has 1 aliphatic carbocycles. The van der Waals surface area contributed by atoms with Crippen LogP contribution in [0, 0.1) is 5.92 Å². The summed E-state index contributed by atoms with van der Waals surface area (Å²) in [6.07, 6.45) is 4.13. The molecule has 0 heterocycles. The van der Waals surface area contributed by atoms with E-state index < -0.39 is 0 Å². The molecule has 0 bridgehead atoms. The zero-order valence-electron chi connectivity index (χ0n) is 11.7. The van der Waals surface area contributed by atoms with Crippen LogP contribution in [0.15, 0.2) is 12.1 Å². The zero-order chi connectivity index (χ0) is 13.8. The molecular formula is C15H20O4. The maximum atomic E-state index is 12.3. The topological polar surface area (TPSA) is 44.8 Å². The standard InChI is InChI=1S/C15H20O4/c1-17-13-9-15(19-3)14(18-2)8-11(13)12(16)7-10-5-4-6-10/h8-10H,4-7H2,1-3H3. The van der Waals surface area contributed by atoms with Crippen LogP contribution in [0.25, 0.3) is 0 Å². The molecule has 0 unspecified atom stereocenters. The van der Waals surface area contributed by atoms with Crippen LogP contribution < -0.4 is 14.2 Å². The molecule has 19 heavy (non-hydrogen) atoms. The van der Waals surface area contributed by atoms with Gasteiger partial charge in [-0.05, 0) is 12.0 Å². The lowest BCUT2D eigenvalue weighted by molar-refractivity contribution is 0.0933. The zero-order valence-corrected chi connectivity index (χ0v) is 11.7. The minimum absolute atomic E-state index is 0.113. The Morgan fingerprint density at radius 1 is 1.05 bits per heavy atom. The Bertz CT molecular complexity index is 463. The van der Waals surface area contributed by atoms with Gasteiger partial charge in [-0.2, -0.15) is 0 Å². The van der Waals surface area contributed by atoms with E-state index in [0.717, 1.165) is 12.8 Å². The first-order chi connectivity index (χ1) is 9.19. The van der Waals surface area contributed by atoms with Gasteiger partial charge in [0.25, 0.3) is 0 Å². The number of methoxy groups -OCH3 is 3. The van der Waals surface area contributed by atoms with E-state index in [4.69, 9.17) is 14.2 Å². The van der Waals surface area contributed by atoms with E-state index in [0.29, 0.717) is 35.2 Å². The van der Waals surface area contributed by atoms with Crippen molar-refractivity contribution >= 4 is 5.78 Å². The Morgan fingerprint density at radius 2 is 1.63 bits per heavy atom. The lowest BCUT2D eigenvalue weighted by Gasteiger charge is -2.24. The molecule has 0 N–H and O–H groups in total. The first-order valence-electron chi connectivity index (χ1n) is 6.52. The van der Waals surface area contributed by atoms with Gasteiger partial charge in [-0.25, -0.2) is 0 Å². The molecule has 1 aromatic rings. The van der Waals surface area contributed by atoms with E-state index in [1.807, 2.05) is 0 Å². The van der Waals surface area contributed by atoms with Gasteiger partial charge in [-0.15, -0.1) is 0 Å². The van der Waals surface area contributed by atoms with Crippen molar-refractivity contribution in [1.29, 1.82) is 0 Å². The highest BCUT2D eigenvalue weighted by atomic mass is 16.5. The minimum Gasteiger partial charge on any atom is -0.496 e. The molecule has 0 atom stereocenters. The van der Waals surface area contributed by atoms with Crippen LogP contribution in [0.3, 0.4) is 0 Å². The summed E-state index contributed by atoms with van der Waals surface area (Å²) in [5, 5.41) is 0. The molecule has 1 aliphatic rings. The van der Waals surface area contributed by atoms with E-state index in [2.05, 4.69) is 0 Å². The van der Waals surface area contributed by atoms with E-state index in [9.17, 15) is 4.79 Å². The second kappa shape index (κ2) is 5.95. The molecule has 0 aliphatic heterocycles. The number of hydrogen-bond donors (Lipinski definition) is 0. The maximum Gasteiger partial charge on any atom is 0.167 e. The van der Waals surface area contributed by atoms with Crippen LogP contribution in [-0.4, -0.2) is 27.1 Å². The fourth-order valence-electron chi connectivity index (χ4n) is 2.32. The van der Waals surface area contributed by atoms with Crippen LogP contribution in [0.5, 0.6) is 17.2 Å². The predicted molar refractivity (Wildman–Crippen MR) is 72.4 cm³/mol. The van der Waals surface area contributed by atoms with Crippen molar-refractivity contribution in [2.75, 3.05) is 21.3 Å². The molecule has 0 radical (unpaired) electrons. The van der Waals surface area contributed by atoms with E-state index >= 15 is 0 Å². The highest BCUT2D eigenvalue weighted by Gasteiger charge is 2.24. The Morgan fingerprint density at radius 3 is 2.11 bits per heavy atom. The van der Waals surface area contributed by atoms with E-state index in [1.54, 1.807) is 33.5 Å². The van der Waals surface area contributed by atoms with Gasteiger partial charge >= 0.3 is 0 Å². The number of ether oxygens (including phenoxy) is 3. The SMILES string of the molecule is COc1cc(OC)c(C(=O)CC2CCC2)cc1OC. The third kappa shape index (κ3) is 2.83. The average molecular weight is 264 g/mol.